The maximum absolute atomic E-state index is 12.9. The Bertz CT molecular complexity index is 917. The summed E-state index contributed by atoms with van der Waals surface area (Å²) >= 11 is 1.16. The van der Waals surface area contributed by atoms with Gasteiger partial charge in [0.25, 0.3) is 5.56 Å². The van der Waals surface area contributed by atoms with Gasteiger partial charge in [-0.05, 0) is 19.4 Å². The molecule has 0 saturated carbocycles. The third-order valence-electron chi connectivity index (χ3n) is 4.28. The van der Waals surface area contributed by atoms with Crippen LogP contribution in [-0.4, -0.2) is 41.6 Å². The van der Waals surface area contributed by atoms with Crippen molar-refractivity contribution in [3.63, 3.8) is 0 Å². The molecule has 0 saturated heterocycles. The zero-order valence-corrected chi connectivity index (χ0v) is 16.7. The fourth-order valence-corrected chi connectivity index (χ4v) is 4.13. The molecule has 158 valence electrons. The summed E-state index contributed by atoms with van der Waals surface area (Å²) in [5.74, 6) is 0. The zero-order chi connectivity index (χ0) is 20.9. The minimum Gasteiger partial charge on any atom is -0.380 e. The number of hydrogen-bond acceptors (Lipinski definition) is 6. The van der Waals surface area contributed by atoms with Crippen LogP contribution >= 0.6 is 11.3 Å². The van der Waals surface area contributed by atoms with Crippen LogP contribution in [-0.2, 0) is 24.4 Å². The number of alkyl halides is 3. The van der Waals surface area contributed by atoms with E-state index in [9.17, 15) is 22.8 Å². The molecule has 0 fully saturated rings. The smallest absolute Gasteiger partial charge is 0.380 e. The Morgan fingerprint density at radius 2 is 1.93 bits per heavy atom. The first-order chi connectivity index (χ1) is 13.2. The molecule has 0 bridgehead atoms. The van der Waals surface area contributed by atoms with Crippen molar-refractivity contribution in [2.24, 2.45) is 5.73 Å². The van der Waals surface area contributed by atoms with Gasteiger partial charge in [0.05, 0.1) is 25.0 Å². The van der Waals surface area contributed by atoms with Crippen molar-refractivity contribution in [3.8, 4) is 0 Å². The number of hydrogen-bond donors (Lipinski definition) is 2. The molecule has 0 radical (unpaired) electrons. The highest BCUT2D eigenvalue weighted by Gasteiger charge is 2.28. The zero-order valence-electron chi connectivity index (χ0n) is 15.9. The van der Waals surface area contributed by atoms with Gasteiger partial charge in [0.1, 0.15) is 4.83 Å². The molecule has 0 unspecified atom stereocenters. The highest BCUT2D eigenvalue weighted by molar-refractivity contribution is 7.18. The summed E-state index contributed by atoms with van der Waals surface area (Å²) in [5.41, 5.74) is 4.88. The van der Waals surface area contributed by atoms with Gasteiger partial charge in [0.2, 0.25) is 0 Å². The van der Waals surface area contributed by atoms with Gasteiger partial charge in [-0.3, -0.25) is 13.9 Å². The number of rotatable bonds is 10. The van der Waals surface area contributed by atoms with E-state index in [4.69, 9.17) is 10.5 Å². The lowest BCUT2D eigenvalue weighted by molar-refractivity contribution is -0.136. The summed E-state index contributed by atoms with van der Waals surface area (Å²) in [4.78, 5) is 26.7. The molecule has 11 heteroatoms. The van der Waals surface area contributed by atoms with Crippen LogP contribution in [0.15, 0.2) is 9.59 Å². The Labute approximate surface area is 163 Å². The number of halogens is 3. The molecule has 0 aliphatic carbocycles. The Morgan fingerprint density at radius 3 is 2.54 bits per heavy atom. The molecule has 0 aliphatic heterocycles. The van der Waals surface area contributed by atoms with Crippen molar-refractivity contribution in [2.45, 2.75) is 46.1 Å². The van der Waals surface area contributed by atoms with E-state index in [0.717, 1.165) is 25.3 Å². The second-order valence-corrected chi connectivity index (χ2v) is 7.33. The molecule has 2 aromatic heterocycles. The number of aryl methyl sites for hydroxylation is 2. The van der Waals surface area contributed by atoms with Crippen molar-refractivity contribution in [3.05, 3.63) is 31.3 Å². The molecule has 0 spiro atoms. The largest absolute Gasteiger partial charge is 0.390 e. The van der Waals surface area contributed by atoms with Crippen molar-refractivity contribution >= 4 is 21.6 Å². The lowest BCUT2D eigenvalue weighted by atomic mass is 10.2. The van der Waals surface area contributed by atoms with Gasteiger partial charge in [-0.25, -0.2) is 4.79 Å². The standard InChI is InChI=1S/C17H25F3N4O3S/c1-3-27-9-8-23-14(25)13-11(2)12(10-22-6-5-21)28-15(13)24(16(23)26)7-4-17(18,19)20/h22H,3-10,21H2,1-2H3. The summed E-state index contributed by atoms with van der Waals surface area (Å²) < 4.78 is 45.5. The number of thiophene rings is 1. The number of nitrogens with zero attached hydrogens (tertiary/aromatic N) is 2. The number of nitrogens with one attached hydrogen (secondary N) is 1. The topological polar surface area (TPSA) is 91.3 Å². The maximum atomic E-state index is 12.9. The quantitative estimate of drug-likeness (QED) is 0.567. The minimum absolute atomic E-state index is 0.0104. The third-order valence-corrected chi connectivity index (χ3v) is 5.60. The molecule has 2 rings (SSSR count). The van der Waals surface area contributed by atoms with Gasteiger partial charge in [-0.1, -0.05) is 0 Å². The second kappa shape index (κ2) is 9.68. The summed E-state index contributed by atoms with van der Waals surface area (Å²) in [5, 5.41) is 3.39. The predicted octanol–water partition coefficient (Wildman–Crippen LogP) is 1.57. The van der Waals surface area contributed by atoms with Crippen molar-refractivity contribution in [2.75, 3.05) is 26.3 Å². The molecule has 0 aliphatic rings. The van der Waals surface area contributed by atoms with Gasteiger partial charge < -0.3 is 15.8 Å². The van der Waals surface area contributed by atoms with Gasteiger partial charge in [0, 0.05) is 37.7 Å². The van der Waals surface area contributed by atoms with Crippen LogP contribution in [0.3, 0.4) is 0 Å². The lowest BCUT2D eigenvalue weighted by Gasteiger charge is -2.13. The van der Waals surface area contributed by atoms with Crippen LogP contribution in [0, 0.1) is 6.92 Å². The van der Waals surface area contributed by atoms with E-state index in [1.165, 1.54) is 0 Å². The summed E-state index contributed by atoms with van der Waals surface area (Å²) in [6, 6.07) is 0. The van der Waals surface area contributed by atoms with E-state index in [1.54, 1.807) is 13.8 Å². The molecular formula is C17H25F3N4O3S. The first-order valence-corrected chi connectivity index (χ1v) is 9.83. The summed E-state index contributed by atoms with van der Waals surface area (Å²) in [7, 11) is 0. The lowest BCUT2D eigenvalue weighted by Crippen LogP contribution is -2.41. The monoisotopic (exact) mass is 422 g/mol. The third kappa shape index (κ3) is 5.22. The predicted molar refractivity (Wildman–Crippen MR) is 103 cm³/mol. The Kier molecular flexibility index (Phi) is 7.81. The highest BCUT2D eigenvalue weighted by atomic mass is 32.1. The molecular weight excluding hydrogens is 397 g/mol. The SMILES string of the molecule is CCOCCn1c(=O)c2c(C)c(CNCCN)sc2n(CCC(F)(F)F)c1=O. The number of nitrogens with two attached hydrogens (primary N) is 1. The molecule has 0 atom stereocenters. The molecule has 2 aromatic rings. The number of fused-ring (bicyclic) bond motifs is 1. The molecule has 0 amide bonds. The van der Waals surface area contributed by atoms with Crippen molar-refractivity contribution in [1.29, 1.82) is 0 Å². The molecule has 3 N–H and O–H groups in total. The van der Waals surface area contributed by atoms with Crippen LogP contribution in [0.25, 0.3) is 10.2 Å². The maximum Gasteiger partial charge on any atom is 0.390 e. The van der Waals surface area contributed by atoms with E-state index < -0.39 is 30.4 Å². The fraction of sp³-hybridized carbons (Fsp3) is 0.647. The first-order valence-electron chi connectivity index (χ1n) is 9.02. The van der Waals surface area contributed by atoms with Crippen LogP contribution in [0.1, 0.15) is 23.8 Å². The van der Waals surface area contributed by atoms with Crippen LogP contribution < -0.4 is 22.3 Å². The van der Waals surface area contributed by atoms with E-state index in [2.05, 4.69) is 5.32 Å². The normalized spacial score (nSPS) is 12.2. The van der Waals surface area contributed by atoms with Gasteiger partial charge in [-0.2, -0.15) is 13.2 Å². The first kappa shape index (κ1) is 22.6. The van der Waals surface area contributed by atoms with Gasteiger partial charge in [0.15, 0.2) is 0 Å². The Balaban J connectivity index is 2.59. The van der Waals surface area contributed by atoms with E-state index in [-0.39, 0.29) is 23.4 Å². The molecule has 2 heterocycles. The number of ether oxygens (including phenoxy) is 1. The van der Waals surface area contributed by atoms with E-state index in [1.807, 2.05) is 0 Å². The van der Waals surface area contributed by atoms with Crippen LogP contribution in [0.5, 0.6) is 0 Å². The second-order valence-electron chi connectivity index (χ2n) is 6.25. The Hall–Kier alpha value is -1.69. The fourth-order valence-electron chi connectivity index (χ4n) is 2.85. The van der Waals surface area contributed by atoms with Crippen molar-refractivity contribution in [1.82, 2.24) is 14.5 Å². The average molecular weight is 422 g/mol. The van der Waals surface area contributed by atoms with Gasteiger partial charge >= 0.3 is 11.9 Å². The van der Waals surface area contributed by atoms with Crippen LogP contribution in [0.4, 0.5) is 13.2 Å². The van der Waals surface area contributed by atoms with Gasteiger partial charge in [-0.15, -0.1) is 11.3 Å². The summed E-state index contributed by atoms with van der Waals surface area (Å²) in [6.07, 6.45) is -5.56. The van der Waals surface area contributed by atoms with E-state index in [0.29, 0.717) is 31.8 Å². The molecule has 7 nitrogen and oxygen atoms in total. The highest BCUT2D eigenvalue weighted by Crippen LogP contribution is 2.29. The average Bonchev–Trinajstić information content (AvgIpc) is 2.94. The summed E-state index contributed by atoms with van der Waals surface area (Å²) in [6.45, 7) is 4.93. The molecule has 28 heavy (non-hydrogen) atoms. The van der Waals surface area contributed by atoms with Crippen LogP contribution in [0.2, 0.25) is 0 Å². The number of aromatic nitrogens is 2. The van der Waals surface area contributed by atoms with Crippen molar-refractivity contribution < 1.29 is 17.9 Å². The van der Waals surface area contributed by atoms with E-state index >= 15 is 0 Å². The Morgan fingerprint density at radius 1 is 1.21 bits per heavy atom. The molecule has 0 aromatic carbocycles. The minimum atomic E-state index is -4.41.